The lowest BCUT2D eigenvalue weighted by Crippen LogP contribution is -2.50. The van der Waals surface area contributed by atoms with Crippen molar-refractivity contribution in [1.82, 2.24) is 21.3 Å². The third kappa shape index (κ3) is 15.1. The standard InChI is InChI=1S/C47H63N5O7S/c1-32(2)25-43(47(56)48-29-35-17-11-8-12-18-35)51-46(55)42(33(3)4)24-23-40(31-59-30-36-19-13-9-14-20-36)50-45(54)39-26-38(27-41(28-39)52(6)60(7,57)58)44(53)49-34(5)37-21-15-10-16-22-37/h9-11,13-22,26-28,32-34,40,42-43H,8,12,23-25,29-31H2,1-7H3,(H,48,56)(H,49,53)(H,50,54)(H,51,55)/t34-,40-,42+,43+/m1/s1. The van der Waals surface area contributed by atoms with Gasteiger partial charge in [0.25, 0.3) is 11.8 Å². The molecule has 0 heterocycles. The predicted molar refractivity (Wildman–Crippen MR) is 238 cm³/mol. The number of ether oxygens (including phenoxy) is 1. The highest BCUT2D eigenvalue weighted by molar-refractivity contribution is 7.92. The second-order valence-corrected chi connectivity index (χ2v) is 18.4. The van der Waals surface area contributed by atoms with Crippen molar-refractivity contribution < 1.29 is 32.3 Å². The van der Waals surface area contributed by atoms with Gasteiger partial charge in [-0.15, -0.1) is 0 Å². The molecular formula is C47H63N5O7S. The molecule has 0 aliphatic heterocycles. The molecule has 12 nitrogen and oxygen atoms in total. The topological polar surface area (TPSA) is 163 Å². The Hall–Kier alpha value is -5.27. The third-order valence-electron chi connectivity index (χ3n) is 10.6. The molecule has 1 aliphatic carbocycles. The molecule has 0 unspecified atom stereocenters. The smallest absolute Gasteiger partial charge is 0.251 e. The summed E-state index contributed by atoms with van der Waals surface area (Å²) in [6.07, 6.45) is 10.4. The van der Waals surface area contributed by atoms with Crippen LogP contribution < -0.4 is 25.6 Å². The van der Waals surface area contributed by atoms with Crippen LogP contribution in [0, 0.1) is 17.8 Å². The summed E-state index contributed by atoms with van der Waals surface area (Å²) in [5, 5.41) is 12.0. The van der Waals surface area contributed by atoms with Gasteiger partial charge in [0, 0.05) is 30.6 Å². The highest BCUT2D eigenvalue weighted by Crippen LogP contribution is 2.24. The number of nitrogens with zero attached hydrogens (tertiary/aromatic N) is 1. The fourth-order valence-corrected chi connectivity index (χ4v) is 7.44. The monoisotopic (exact) mass is 841 g/mol. The second-order valence-electron chi connectivity index (χ2n) is 16.4. The molecule has 60 heavy (non-hydrogen) atoms. The Morgan fingerprint density at radius 2 is 1.42 bits per heavy atom. The van der Waals surface area contributed by atoms with Gasteiger partial charge >= 0.3 is 0 Å². The van der Waals surface area contributed by atoms with E-state index >= 15 is 0 Å². The van der Waals surface area contributed by atoms with Gasteiger partial charge in [0.05, 0.1) is 37.2 Å². The summed E-state index contributed by atoms with van der Waals surface area (Å²) in [6.45, 7) is 10.6. The van der Waals surface area contributed by atoms with E-state index in [9.17, 15) is 27.6 Å². The van der Waals surface area contributed by atoms with E-state index in [2.05, 4.69) is 33.4 Å². The van der Waals surface area contributed by atoms with Crippen molar-refractivity contribution in [2.75, 3.05) is 30.8 Å². The number of nitrogens with one attached hydrogen (secondary N) is 4. The van der Waals surface area contributed by atoms with Gasteiger partial charge in [-0.2, -0.15) is 0 Å². The van der Waals surface area contributed by atoms with Crippen LogP contribution in [0.2, 0.25) is 0 Å². The summed E-state index contributed by atoms with van der Waals surface area (Å²) in [4.78, 5) is 55.1. The minimum Gasteiger partial charge on any atom is -0.375 e. The first kappa shape index (κ1) is 47.4. The molecular weight excluding hydrogens is 779 g/mol. The molecule has 13 heteroatoms. The summed E-state index contributed by atoms with van der Waals surface area (Å²) in [6, 6.07) is 21.7. The Morgan fingerprint density at radius 3 is 2.00 bits per heavy atom. The van der Waals surface area contributed by atoms with E-state index in [1.54, 1.807) is 0 Å². The maximum atomic E-state index is 14.1. The zero-order valence-corrected chi connectivity index (χ0v) is 36.9. The Morgan fingerprint density at radius 1 is 0.783 bits per heavy atom. The van der Waals surface area contributed by atoms with Crippen molar-refractivity contribution in [1.29, 1.82) is 0 Å². The Balaban J connectivity index is 1.55. The van der Waals surface area contributed by atoms with Crippen molar-refractivity contribution in [3.05, 3.63) is 125 Å². The van der Waals surface area contributed by atoms with Crippen LogP contribution in [-0.2, 0) is 31.0 Å². The normalized spacial score (nSPS) is 14.7. The quantitative estimate of drug-likeness (QED) is 0.0859. The molecule has 0 spiro atoms. The van der Waals surface area contributed by atoms with Crippen molar-refractivity contribution in [2.45, 2.75) is 91.5 Å². The minimum absolute atomic E-state index is 0.0775. The SMILES string of the molecule is CC(C)C[C@H](NC(=O)[C@@H](CC[C@H](COCc1ccccc1)NC(=O)c1cc(C(=O)N[C@H](C)c2ccccc2)cc(N(C)S(C)(=O)=O)c1)C(C)C)C(=O)NCC1=CCCC=C1. The Bertz CT molecular complexity index is 2070. The number of carbonyl (C=O) groups excluding carboxylic acids is 4. The first-order valence-electron chi connectivity index (χ1n) is 20.8. The molecule has 4 N–H and O–H groups in total. The van der Waals surface area contributed by atoms with E-state index in [0.717, 1.165) is 40.1 Å². The van der Waals surface area contributed by atoms with E-state index in [1.807, 2.05) is 101 Å². The number of hydrogen-bond acceptors (Lipinski definition) is 7. The molecule has 324 valence electrons. The molecule has 3 aromatic rings. The van der Waals surface area contributed by atoms with Crippen molar-refractivity contribution >= 4 is 39.3 Å². The first-order chi connectivity index (χ1) is 28.5. The lowest BCUT2D eigenvalue weighted by atomic mass is 9.88. The van der Waals surface area contributed by atoms with Gasteiger partial charge in [-0.05, 0) is 85.8 Å². The predicted octanol–water partition coefficient (Wildman–Crippen LogP) is 6.86. The average Bonchev–Trinajstić information content (AvgIpc) is 3.22. The molecule has 3 aromatic carbocycles. The highest BCUT2D eigenvalue weighted by atomic mass is 32.2. The Kier molecular flexibility index (Phi) is 18.1. The second kappa shape index (κ2) is 22.9. The minimum atomic E-state index is -3.75. The average molecular weight is 842 g/mol. The molecule has 0 bridgehead atoms. The third-order valence-corrected chi connectivity index (χ3v) is 11.8. The molecule has 0 aromatic heterocycles. The maximum Gasteiger partial charge on any atom is 0.251 e. The first-order valence-corrected chi connectivity index (χ1v) is 22.7. The van der Waals surface area contributed by atoms with Gasteiger partial charge in [-0.1, -0.05) is 107 Å². The van der Waals surface area contributed by atoms with Crippen LogP contribution in [0.1, 0.15) is 105 Å². The molecule has 4 atom stereocenters. The summed E-state index contributed by atoms with van der Waals surface area (Å²) < 4.78 is 32.4. The number of hydrogen-bond donors (Lipinski definition) is 4. The zero-order valence-electron chi connectivity index (χ0n) is 36.1. The molecule has 4 rings (SSSR count). The largest absolute Gasteiger partial charge is 0.375 e. The van der Waals surface area contributed by atoms with Gasteiger partial charge in [-0.25, -0.2) is 8.42 Å². The van der Waals surface area contributed by atoms with Gasteiger partial charge in [0.1, 0.15) is 6.04 Å². The van der Waals surface area contributed by atoms with Crippen LogP contribution >= 0.6 is 0 Å². The lowest BCUT2D eigenvalue weighted by molar-refractivity contribution is -0.132. The van der Waals surface area contributed by atoms with Gasteiger partial charge in [0.15, 0.2) is 0 Å². The van der Waals surface area contributed by atoms with E-state index in [1.165, 1.54) is 25.2 Å². The van der Waals surface area contributed by atoms with Crippen LogP contribution in [-0.4, -0.2) is 70.6 Å². The Labute approximate surface area is 356 Å². The highest BCUT2D eigenvalue weighted by Gasteiger charge is 2.30. The van der Waals surface area contributed by atoms with Crippen LogP contribution in [0.4, 0.5) is 5.69 Å². The summed E-state index contributed by atoms with van der Waals surface area (Å²) in [5.74, 6) is -1.92. The summed E-state index contributed by atoms with van der Waals surface area (Å²) >= 11 is 0. The number of sulfonamides is 1. The number of rotatable bonds is 22. The number of carbonyl (C=O) groups is 4. The van der Waals surface area contributed by atoms with E-state index in [4.69, 9.17) is 4.74 Å². The van der Waals surface area contributed by atoms with Crippen LogP contribution in [0.15, 0.2) is 103 Å². The number of benzene rings is 3. The number of anilines is 1. The lowest BCUT2D eigenvalue weighted by Gasteiger charge is -2.27. The van der Waals surface area contributed by atoms with Crippen LogP contribution in [0.3, 0.4) is 0 Å². The van der Waals surface area contributed by atoms with Crippen molar-refractivity contribution in [3.8, 4) is 0 Å². The molecule has 0 fully saturated rings. The molecule has 1 aliphatic rings. The molecule has 0 saturated carbocycles. The van der Waals surface area contributed by atoms with Crippen molar-refractivity contribution in [2.24, 2.45) is 17.8 Å². The summed E-state index contributed by atoms with van der Waals surface area (Å²) in [5.41, 5.74) is 3.19. The molecule has 0 saturated heterocycles. The van der Waals surface area contributed by atoms with Crippen LogP contribution in [0.25, 0.3) is 0 Å². The zero-order chi connectivity index (χ0) is 43.8. The van der Waals surface area contributed by atoms with Gasteiger partial charge in [0.2, 0.25) is 21.8 Å². The maximum absolute atomic E-state index is 14.1. The van der Waals surface area contributed by atoms with Gasteiger partial charge in [-0.3, -0.25) is 23.5 Å². The fraction of sp³-hybridized carbons (Fsp3) is 0.447. The van der Waals surface area contributed by atoms with E-state index < -0.39 is 39.8 Å². The van der Waals surface area contributed by atoms with Gasteiger partial charge < -0.3 is 26.0 Å². The number of allylic oxidation sites excluding steroid dienone is 2. The summed E-state index contributed by atoms with van der Waals surface area (Å²) in [7, 11) is -2.39. The fourth-order valence-electron chi connectivity index (χ4n) is 6.95. The van der Waals surface area contributed by atoms with E-state index in [-0.39, 0.29) is 53.1 Å². The van der Waals surface area contributed by atoms with E-state index in [0.29, 0.717) is 32.4 Å². The molecule has 0 radical (unpaired) electrons. The van der Waals surface area contributed by atoms with Crippen molar-refractivity contribution in [3.63, 3.8) is 0 Å². The van der Waals surface area contributed by atoms with Crippen LogP contribution in [0.5, 0.6) is 0 Å². The number of amides is 4. The molecule has 4 amide bonds.